The Kier molecular flexibility index (Phi) is 4.93. The Morgan fingerprint density at radius 2 is 2.25 bits per heavy atom. The van der Waals surface area contributed by atoms with Gasteiger partial charge in [0.25, 0.3) is 0 Å². The van der Waals surface area contributed by atoms with Crippen LogP contribution in [0.15, 0.2) is 6.20 Å². The average Bonchev–Trinajstić information content (AvgIpc) is 2.64. The van der Waals surface area contributed by atoms with Crippen LogP contribution >= 0.6 is 0 Å². The third-order valence-corrected chi connectivity index (χ3v) is 4.02. The molecule has 1 aromatic heterocycles. The van der Waals surface area contributed by atoms with E-state index in [0.29, 0.717) is 11.6 Å². The van der Waals surface area contributed by atoms with Crippen molar-refractivity contribution in [1.82, 2.24) is 9.97 Å². The van der Waals surface area contributed by atoms with Crippen molar-refractivity contribution >= 4 is 11.9 Å². The normalized spacial score (nSPS) is 19.7. The third kappa shape index (κ3) is 3.46. The summed E-state index contributed by atoms with van der Waals surface area (Å²) in [5.74, 6) is 0.516. The summed E-state index contributed by atoms with van der Waals surface area (Å²) in [5.41, 5.74) is 0.726. The first-order valence-electron chi connectivity index (χ1n) is 7.43. The number of anilines is 1. The maximum absolute atomic E-state index is 11.0. The molecule has 0 spiro atoms. The van der Waals surface area contributed by atoms with E-state index in [1.54, 1.807) is 6.92 Å². The minimum absolute atomic E-state index is 0.187. The van der Waals surface area contributed by atoms with Crippen LogP contribution in [0.4, 0.5) is 5.95 Å². The molecule has 1 saturated heterocycles. The van der Waals surface area contributed by atoms with Gasteiger partial charge in [-0.25, -0.2) is 14.8 Å². The van der Waals surface area contributed by atoms with Crippen molar-refractivity contribution in [2.24, 2.45) is 5.92 Å². The van der Waals surface area contributed by atoms with Gasteiger partial charge in [0.2, 0.25) is 5.95 Å². The molecule has 0 aliphatic carbocycles. The summed E-state index contributed by atoms with van der Waals surface area (Å²) in [6.07, 6.45) is 7.58. The molecule has 2 rings (SSSR count). The van der Waals surface area contributed by atoms with E-state index < -0.39 is 5.97 Å². The lowest BCUT2D eigenvalue weighted by atomic mass is 9.96. The van der Waals surface area contributed by atoms with E-state index in [1.807, 2.05) is 0 Å². The second-order valence-electron chi connectivity index (χ2n) is 5.55. The van der Waals surface area contributed by atoms with Crippen LogP contribution in [0.5, 0.6) is 0 Å². The summed E-state index contributed by atoms with van der Waals surface area (Å²) in [6, 6.07) is 0. The van der Waals surface area contributed by atoms with E-state index in [-0.39, 0.29) is 5.56 Å². The van der Waals surface area contributed by atoms with Crippen molar-refractivity contribution in [3.63, 3.8) is 0 Å². The topological polar surface area (TPSA) is 66.3 Å². The standard InChI is InChI=1S/C15H23N3O2/c1-3-5-12-6-4-8-18(9-7-12)15-16-10-13(14(19)20)11(2)17-15/h10,12H,3-9H2,1-2H3,(H,19,20). The molecule has 0 amide bonds. The van der Waals surface area contributed by atoms with E-state index in [1.165, 1.54) is 31.9 Å². The van der Waals surface area contributed by atoms with Crippen LogP contribution < -0.4 is 4.90 Å². The number of hydrogen-bond donors (Lipinski definition) is 1. The van der Waals surface area contributed by atoms with Gasteiger partial charge >= 0.3 is 5.97 Å². The van der Waals surface area contributed by atoms with Crippen molar-refractivity contribution in [2.75, 3.05) is 18.0 Å². The summed E-state index contributed by atoms with van der Waals surface area (Å²) in [5, 5.41) is 9.01. The van der Waals surface area contributed by atoms with Gasteiger partial charge in [-0.05, 0) is 32.1 Å². The molecule has 110 valence electrons. The number of nitrogens with zero attached hydrogens (tertiary/aromatic N) is 3. The smallest absolute Gasteiger partial charge is 0.339 e. The Labute approximate surface area is 120 Å². The largest absolute Gasteiger partial charge is 0.478 e. The Morgan fingerprint density at radius 1 is 1.45 bits per heavy atom. The number of hydrogen-bond acceptors (Lipinski definition) is 4. The molecule has 0 radical (unpaired) electrons. The van der Waals surface area contributed by atoms with Gasteiger partial charge in [-0.3, -0.25) is 0 Å². The highest BCUT2D eigenvalue weighted by atomic mass is 16.4. The molecule has 1 aromatic rings. The molecule has 0 bridgehead atoms. The Hall–Kier alpha value is -1.65. The maximum atomic E-state index is 11.0. The number of aromatic nitrogens is 2. The van der Waals surface area contributed by atoms with Gasteiger partial charge in [0.05, 0.1) is 11.3 Å². The van der Waals surface area contributed by atoms with Crippen molar-refractivity contribution in [3.05, 3.63) is 17.5 Å². The van der Waals surface area contributed by atoms with Crippen molar-refractivity contribution < 1.29 is 9.90 Å². The fraction of sp³-hybridized carbons (Fsp3) is 0.667. The molecular formula is C15H23N3O2. The molecule has 1 unspecified atom stereocenters. The third-order valence-electron chi connectivity index (χ3n) is 4.02. The average molecular weight is 277 g/mol. The zero-order chi connectivity index (χ0) is 14.5. The zero-order valence-electron chi connectivity index (χ0n) is 12.3. The van der Waals surface area contributed by atoms with Crippen LogP contribution in [0.25, 0.3) is 0 Å². The van der Waals surface area contributed by atoms with Crippen LogP contribution in [0, 0.1) is 12.8 Å². The lowest BCUT2D eigenvalue weighted by Gasteiger charge is -2.21. The Balaban J connectivity index is 2.08. The lowest BCUT2D eigenvalue weighted by Crippen LogP contribution is -2.27. The second-order valence-corrected chi connectivity index (χ2v) is 5.55. The number of rotatable bonds is 4. The Bertz CT molecular complexity index is 476. The summed E-state index contributed by atoms with van der Waals surface area (Å²) in [4.78, 5) is 21.8. The van der Waals surface area contributed by atoms with Crippen molar-refractivity contribution in [3.8, 4) is 0 Å². The van der Waals surface area contributed by atoms with E-state index in [9.17, 15) is 4.79 Å². The monoisotopic (exact) mass is 277 g/mol. The van der Waals surface area contributed by atoms with Gasteiger partial charge < -0.3 is 10.0 Å². The highest BCUT2D eigenvalue weighted by Gasteiger charge is 2.19. The van der Waals surface area contributed by atoms with E-state index >= 15 is 0 Å². The van der Waals surface area contributed by atoms with E-state index in [2.05, 4.69) is 21.8 Å². The first-order chi connectivity index (χ1) is 9.61. The summed E-state index contributed by atoms with van der Waals surface area (Å²) in [7, 11) is 0. The minimum Gasteiger partial charge on any atom is -0.478 e. The molecule has 1 aliphatic rings. The Morgan fingerprint density at radius 3 is 2.90 bits per heavy atom. The first-order valence-corrected chi connectivity index (χ1v) is 7.43. The summed E-state index contributed by atoms with van der Waals surface area (Å²) < 4.78 is 0. The molecule has 0 aromatic carbocycles. The zero-order valence-corrected chi connectivity index (χ0v) is 12.3. The van der Waals surface area contributed by atoms with Crippen molar-refractivity contribution in [1.29, 1.82) is 0 Å². The molecule has 1 aliphatic heterocycles. The molecule has 1 atom stereocenters. The van der Waals surface area contributed by atoms with E-state index in [4.69, 9.17) is 5.11 Å². The fourth-order valence-electron chi connectivity index (χ4n) is 2.88. The van der Waals surface area contributed by atoms with Gasteiger partial charge in [-0.2, -0.15) is 0 Å². The maximum Gasteiger partial charge on any atom is 0.339 e. The molecule has 5 nitrogen and oxygen atoms in total. The molecule has 1 N–H and O–H groups in total. The predicted octanol–water partition coefficient (Wildman–Crippen LogP) is 2.89. The second kappa shape index (κ2) is 6.68. The molecule has 20 heavy (non-hydrogen) atoms. The molecule has 2 heterocycles. The highest BCUT2D eigenvalue weighted by molar-refractivity contribution is 5.88. The van der Waals surface area contributed by atoms with Gasteiger partial charge in [0, 0.05) is 19.3 Å². The number of aryl methyl sites for hydroxylation is 1. The number of aromatic carboxylic acids is 1. The predicted molar refractivity (Wildman–Crippen MR) is 78.2 cm³/mol. The van der Waals surface area contributed by atoms with Gasteiger partial charge in [-0.1, -0.05) is 19.8 Å². The van der Waals surface area contributed by atoms with Gasteiger partial charge in [-0.15, -0.1) is 0 Å². The number of carboxylic acid groups (broad SMARTS) is 1. The molecule has 5 heteroatoms. The van der Waals surface area contributed by atoms with Crippen LogP contribution in [-0.2, 0) is 0 Å². The molecular weight excluding hydrogens is 254 g/mol. The van der Waals surface area contributed by atoms with E-state index in [0.717, 1.165) is 25.4 Å². The SMILES string of the molecule is CCCC1CCCN(c2ncc(C(=O)O)c(C)n2)CC1. The number of carbonyl (C=O) groups is 1. The molecule has 1 fully saturated rings. The van der Waals surface area contributed by atoms with Crippen LogP contribution in [0.3, 0.4) is 0 Å². The highest BCUT2D eigenvalue weighted by Crippen LogP contribution is 2.24. The number of carboxylic acids is 1. The lowest BCUT2D eigenvalue weighted by molar-refractivity contribution is 0.0695. The minimum atomic E-state index is -0.965. The quantitative estimate of drug-likeness (QED) is 0.916. The summed E-state index contributed by atoms with van der Waals surface area (Å²) in [6.45, 7) is 5.90. The van der Waals surface area contributed by atoms with Crippen molar-refractivity contribution in [2.45, 2.75) is 46.0 Å². The van der Waals surface area contributed by atoms with Gasteiger partial charge in [0.1, 0.15) is 0 Å². The van der Waals surface area contributed by atoms with Crippen LogP contribution in [0.2, 0.25) is 0 Å². The van der Waals surface area contributed by atoms with Crippen LogP contribution in [0.1, 0.15) is 55.1 Å². The first kappa shape index (κ1) is 14.8. The molecule has 0 saturated carbocycles. The van der Waals surface area contributed by atoms with Gasteiger partial charge in [0.15, 0.2) is 0 Å². The summed E-state index contributed by atoms with van der Waals surface area (Å²) >= 11 is 0. The van der Waals surface area contributed by atoms with Crippen LogP contribution in [-0.4, -0.2) is 34.1 Å². The fourth-order valence-corrected chi connectivity index (χ4v) is 2.88.